The zero-order valence-corrected chi connectivity index (χ0v) is 16.4. The van der Waals surface area contributed by atoms with E-state index in [4.69, 9.17) is 0 Å². The number of allylic oxidation sites excluding steroid dienone is 1. The Kier molecular flexibility index (Phi) is 5.75. The van der Waals surface area contributed by atoms with Crippen molar-refractivity contribution in [3.8, 4) is 0 Å². The van der Waals surface area contributed by atoms with E-state index in [9.17, 15) is 4.79 Å². The third-order valence-electron chi connectivity index (χ3n) is 6.13. The highest BCUT2D eigenvalue weighted by Gasteiger charge is 2.29. The Morgan fingerprint density at radius 2 is 2.04 bits per heavy atom. The van der Waals surface area contributed by atoms with Gasteiger partial charge in [0.1, 0.15) is 6.04 Å². The number of aliphatic imine (C=N–C) groups is 1. The van der Waals surface area contributed by atoms with Crippen LogP contribution in [0.1, 0.15) is 54.4 Å². The number of hydrogen-bond donors (Lipinski definition) is 1. The van der Waals surface area contributed by atoms with Crippen LogP contribution in [0.2, 0.25) is 0 Å². The highest BCUT2D eigenvalue weighted by Crippen LogP contribution is 2.34. The smallest absolute Gasteiger partial charge is 0.166 e. The Balaban J connectivity index is 1.41. The fourth-order valence-corrected chi connectivity index (χ4v) is 4.57. The van der Waals surface area contributed by atoms with Crippen molar-refractivity contribution in [2.75, 3.05) is 0 Å². The molecule has 28 heavy (non-hydrogen) atoms. The number of hydrogen-bond acceptors (Lipinski definition) is 4. The molecule has 0 radical (unpaired) electrons. The van der Waals surface area contributed by atoms with Crippen LogP contribution in [0.4, 0.5) is 0 Å². The second-order valence-electron chi connectivity index (χ2n) is 8.06. The van der Waals surface area contributed by atoms with E-state index >= 15 is 0 Å². The molecule has 2 aliphatic heterocycles. The zero-order chi connectivity index (χ0) is 19.3. The first-order valence-electron chi connectivity index (χ1n) is 10.4. The van der Waals surface area contributed by atoms with Crippen molar-refractivity contribution >= 4 is 12.1 Å². The predicted octanol–water partition coefficient (Wildman–Crippen LogP) is 4.81. The summed E-state index contributed by atoms with van der Waals surface area (Å²) in [5, 5.41) is 3.18. The van der Waals surface area contributed by atoms with Crippen LogP contribution in [0, 0.1) is 11.8 Å². The van der Waals surface area contributed by atoms with E-state index in [1.165, 1.54) is 37.7 Å². The molecule has 1 aromatic carbocycles. The summed E-state index contributed by atoms with van der Waals surface area (Å²) in [6.45, 7) is 4.67. The Morgan fingerprint density at radius 3 is 2.79 bits per heavy atom. The number of ketones is 1. The fourth-order valence-electron chi connectivity index (χ4n) is 4.57. The summed E-state index contributed by atoms with van der Waals surface area (Å²) >= 11 is 0. The highest BCUT2D eigenvalue weighted by molar-refractivity contribution is 5.98. The van der Waals surface area contributed by atoms with Crippen LogP contribution in [0.5, 0.6) is 0 Å². The highest BCUT2D eigenvalue weighted by atomic mass is 16.1. The van der Waals surface area contributed by atoms with Crippen LogP contribution in [0.3, 0.4) is 0 Å². The maximum Gasteiger partial charge on any atom is 0.166 e. The monoisotopic (exact) mass is 375 g/mol. The molecule has 1 aliphatic carbocycles. The van der Waals surface area contributed by atoms with Crippen LogP contribution in [0.15, 0.2) is 66.1 Å². The first kappa shape index (κ1) is 18.7. The van der Waals surface area contributed by atoms with Gasteiger partial charge in [0.05, 0.1) is 12.0 Å². The molecule has 0 amide bonds. The third kappa shape index (κ3) is 4.11. The van der Waals surface area contributed by atoms with E-state index in [1.807, 2.05) is 18.2 Å². The molecule has 4 nitrogen and oxygen atoms in total. The van der Waals surface area contributed by atoms with E-state index in [0.29, 0.717) is 5.92 Å². The summed E-state index contributed by atoms with van der Waals surface area (Å²) in [7, 11) is 0. The Bertz CT molecular complexity index is 800. The van der Waals surface area contributed by atoms with E-state index < -0.39 is 0 Å². The lowest BCUT2D eigenvalue weighted by atomic mass is 9.75. The van der Waals surface area contributed by atoms with Crippen molar-refractivity contribution in [1.82, 2.24) is 10.2 Å². The SMILES string of the molecule is C=CCC(C(=O)c1ccc(CN2C=CC3N=CNC3=C2)cc1)C1CCCCC1. The van der Waals surface area contributed by atoms with Crippen molar-refractivity contribution in [1.29, 1.82) is 0 Å². The van der Waals surface area contributed by atoms with Crippen LogP contribution in [-0.4, -0.2) is 23.1 Å². The molecular formula is C24H29N3O. The van der Waals surface area contributed by atoms with Gasteiger partial charge in [-0.25, -0.2) is 0 Å². The van der Waals surface area contributed by atoms with Crippen LogP contribution in [0.25, 0.3) is 0 Å². The molecule has 4 rings (SSSR count). The molecule has 0 bridgehead atoms. The third-order valence-corrected chi connectivity index (χ3v) is 6.13. The van der Waals surface area contributed by atoms with Gasteiger partial charge in [-0.15, -0.1) is 6.58 Å². The first-order valence-corrected chi connectivity index (χ1v) is 10.4. The molecule has 0 saturated heterocycles. The molecule has 1 saturated carbocycles. The molecule has 3 aliphatic rings. The van der Waals surface area contributed by atoms with Gasteiger partial charge >= 0.3 is 0 Å². The van der Waals surface area contributed by atoms with Gasteiger partial charge in [-0.3, -0.25) is 9.79 Å². The van der Waals surface area contributed by atoms with Gasteiger partial charge < -0.3 is 10.2 Å². The minimum Gasteiger partial charge on any atom is -0.348 e. The standard InChI is InChI=1S/C24H29N3O/c1-2-6-21(19-7-4-3-5-8-19)24(28)20-11-9-18(10-12-20)15-27-14-13-22-23(16-27)26-17-25-22/h2,9-14,16-17,19,21-22H,1,3-8,15H2,(H,25,26). The van der Waals surface area contributed by atoms with Crippen molar-refractivity contribution in [2.24, 2.45) is 16.8 Å². The average molecular weight is 376 g/mol. The van der Waals surface area contributed by atoms with Gasteiger partial charge in [-0.2, -0.15) is 0 Å². The lowest BCUT2D eigenvalue weighted by molar-refractivity contribution is 0.0847. The van der Waals surface area contributed by atoms with Crippen LogP contribution < -0.4 is 5.32 Å². The summed E-state index contributed by atoms with van der Waals surface area (Å²) < 4.78 is 0. The van der Waals surface area contributed by atoms with Crippen molar-refractivity contribution in [3.63, 3.8) is 0 Å². The number of fused-ring (bicyclic) bond motifs is 1. The molecule has 0 aromatic heterocycles. The quantitative estimate of drug-likeness (QED) is 0.549. The average Bonchev–Trinajstić information content (AvgIpc) is 3.21. The largest absolute Gasteiger partial charge is 0.348 e. The normalized spacial score (nSPS) is 22.4. The second-order valence-corrected chi connectivity index (χ2v) is 8.06. The summed E-state index contributed by atoms with van der Waals surface area (Å²) in [5.74, 6) is 0.885. The lowest BCUT2D eigenvalue weighted by Crippen LogP contribution is -2.25. The van der Waals surface area contributed by atoms with E-state index in [-0.39, 0.29) is 17.7 Å². The molecular weight excluding hydrogens is 346 g/mol. The first-order chi connectivity index (χ1) is 13.7. The number of benzene rings is 1. The summed E-state index contributed by atoms with van der Waals surface area (Å²) in [6, 6.07) is 8.29. The van der Waals surface area contributed by atoms with Crippen molar-refractivity contribution < 1.29 is 4.79 Å². The second kappa shape index (κ2) is 8.59. The Labute approximate surface area is 167 Å². The molecule has 1 N–H and O–H groups in total. The number of nitrogens with zero attached hydrogens (tertiary/aromatic N) is 2. The van der Waals surface area contributed by atoms with Crippen molar-refractivity contribution in [2.45, 2.75) is 51.1 Å². The molecule has 4 heteroatoms. The molecule has 2 atom stereocenters. The van der Waals surface area contributed by atoms with Crippen molar-refractivity contribution in [3.05, 3.63) is 72.2 Å². The Hall–Kier alpha value is -2.62. The van der Waals surface area contributed by atoms with Crippen LogP contribution in [-0.2, 0) is 6.54 Å². The minimum absolute atomic E-state index is 0.0868. The molecule has 2 heterocycles. The summed E-state index contributed by atoms with van der Waals surface area (Å²) in [4.78, 5) is 19.6. The van der Waals surface area contributed by atoms with E-state index in [2.05, 4.69) is 52.4 Å². The van der Waals surface area contributed by atoms with E-state index in [1.54, 1.807) is 6.34 Å². The van der Waals surface area contributed by atoms with Gasteiger partial charge in [0.2, 0.25) is 0 Å². The van der Waals surface area contributed by atoms with Gasteiger partial charge in [0.25, 0.3) is 0 Å². The van der Waals surface area contributed by atoms with Gasteiger partial charge in [0, 0.05) is 30.4 Å². The predicted molar refractivity (Wildman–Crippen MR) is 114 cm³/mol. The maximum absolute atomic E-state index is 13.2. The summed E-state index contributed by atoms with van der Waals surface area (Å²) in [6.07, 6.45) is 16.9. The molecule has 1 fully saturated rings. The lowest BCUT2D eigenvalue weighted by Gasteiger charge is -2.28. The van der Waals surface area contributed by atoms with Gasteiger partial charge in [-0.1, -0.05) is 49.6 Å². The topological polar surface area (TPSA) is 44.7 Å². The van der Waals surface area contributed by atoms with Crippen LogP contribution >= 0.6 is 0 Å². The molecule has 2 unspecified atom stereocenters. The number of Topliss-reactive ketones (excluding diaryl/α,β-unsaturated/α-hetero) is 1. The summed E-state index contributed by atoms with van der Waals surface area (Å²) in [5.41, 5.74) is 3.13. The zero-order valence-electron chi connectivity index (χ0n) is 16.4. The minimum atomic E-state index is 0.0868. The number of rotatable bonds is 7. The number of carbonyl (C=O) groups is 1. The molecule has 0 spiro atoms. The number of carbonyl (C=O) groups excluding carboxylic acids is 1. The Morgan fingerprint density at radius 1 is 1.25 bits per heavy atom. The van der Waals surface area contributed by atoms with E-state index in [0.717, 1.165) is 24.2 Å². The fraction of sp³-hybridized carbons (Fsp3) is 0.417. The van der Waals surface area contributed by atoms with Gasteiger partial charge in [-0.05, 0) is 36.8 Å². The number of nitrogens with one attached hydrogen (secondary N) is 1. The molecule has 146 valence electrons. The van der Waals surface area contributed by atoms with Gasteiger partial charge in [0.15, 0.2) is 5.78 Å². The maximum atomic E-state index is 13.2. The molecule has 1 aromatic rings.